The molecule has 5 N–H and O–H groups in total. The quantitative estimate of drug-likeness (QED) is 0.0568. The molecule has 0 heterocycles. The molecule has 0 fully saturated rings. The fourth-order valence-corrected chi connectivity index (χ4v) is 19.3. The van der Waals surface area contributed by atoms with Crippen molar-refractivity contribution < 1.29 is 17.8 Å². The van der Waals surface area contributed by atoms with Crippen molar-refractivity contribution >= 4 is 48.6 Å². The molecule has 0 aliphatic rings. The Morgan fingerprint density at radius 3 is 1.74 bits per heavy atom. The molecule has 10 nitrogen and oxygen atoms in total. The smallest absolute Gasteiger partial charge is 0.321 e. The molecule has 262 valence electrons. The summed E-state index contributed by atoms with van der Waals surface area (Å²) in [5, 5.41) is 8.80. The van der Waals surface area contributed by atoms with Crippen LogP contribution in [0.4, 0.5) is 21.0 Å². The lowest BCUT2D eigenvalue weighted by Crippen LogP contribution is -2.52. The Balaban J connectivity index is 0.000000933. The molecular weight excluding hydrogens is 641 g/mol. The molecule has 4 amide bonds. The Labute approximate surface area is 287 Å². The lowest BCUT2D eigenvalue weighted by atomic mass is 10.3. The van der Waals surface area contributed by atoms with Gasteiger partial charge in [0, 0.05) is 50.6 Å². The van der Waals surface area contributed by atoms with E-state index in [9.17, 15) is 9.59 Å². The van der Waals surface area contributed by atoms with E-state index in [4.69, 9.17) is 14.0 Å². The summed E-state index contributed by atoms with van der Waals surface area (Å²) in [6.07, 6.45) is 2.01. The van der Waals surface area contributed by atoms with E-state index in [1.165, 1.54) is 0 Å². The number of primary amides is 1. The number of carbonyl (C=O) groups excluding carboxylic acids is 2. The lowest BCUT2D eigenvalue weighted by Gasteiger charge is -2.39. The predicted octanol–water partition coefficient (Wildman–Crippen LogP) is 7.15. The topological polar surface area (TPSA) is 121 Å². The van der Waals surface area contributed by atoms with E-state index >= 15 is 0 Å². The van der Waals surface area contributed by atoms with Crippen LogP contribution in [-0.4, -0.2) is 86.8 Å². The number of rotatable bonds is 18. The molecule has 0 radical (unpaired) electrons. The number of urea groups is 2. The summed E-state index contributed by atoms with van der Waals surface area (Å²) >= 11 is 0. The minimum atomic E-state index is -2.26. The molecule has 0 aromatic heterocycles. The average molecular weight is 701 g/mol. The van der Waals surface area contributed by atoms with E-state index in [2.05, 4.69) is 79.0 Å². The van der Waals surface area contributed by atoms with Crippen LogP contribution in [0.2, 0.25) is 51.4 Å². The van der Waals surface area contributed by atoms with Gasteiger partial charge in [0.1, 0.15) is 0 Å². The van der Waals surface area contributed by atoms with Gasteiger partial charge in [-0.15, -0.1) is 0 Å². The highest BCUT2D eigenvalue weighted by molar-refractivity contribution is 6.87. The van der Waals surface area contributed by atoms with Crippen molar-refractivity contribution in [3.05, 3.63) is 60.7 Å². The number of nitrogens with zero attached hydrogens (tertiary/aromatic N) is 2. The highest BCUT2D eigenvalue weighted by Gasteiger charge is 2.39. The van der Waals surface area contributed by atoms with Crippen LogP contribution in [0, 0.1) is 12.0 Å². The average Bonchev–Trinajstić information content (AvgIpc) is 2.96. The van der Waals surface area contributed by atoms with Gasteiger partial charge in [0.25, 0.3) is 0 Å². The summed E-state index contributed by atoms with van der Waals surface area (Å²) in [4.78, 5) is 27.2. The zero-order valence-electron chi connectivity index (χ0n) is 30.2. The first-order chi connectivity index (χ1) is 22.1. The van der Waals surface area contributed by atoms with Crippen molar-refractivity contribution in [1.29, 1.82) is 0 Å². The zero-order valence-corrected chi connectivity index (χ0v) is 33.2. The van der Waals surface area contributed by atoms with Crippen LogP contribution in [-0.2, 0) is 8.23 Å². The normalized spacial score (nSPS) is 11.3. The van der Waals surface area contributed by atoms with Gasteiger partial charge in [-0.05, 0) is 102 Å². The number of amides is 4. The summed E-state index contributed by atoms with van der Waals surface area (Å²) < 4.78 is 13.5. The van der Waals surface area contributed by atoms with Crippen molar-refractivity contribution in [3.8, 4) is 12.0 Å². The highest BCUT2D eigenvalue weighted by Crippen LogP contribution is 2.26. The van der Waals surface area contributed by atoms with Crippen LogP contribution in [0.3, 0.4) is 0 Å². The Morgan fingerprint density at radius 2 is 1.28 bits per heavy atom. The predicted molar refractivity (Wildman–Crippen MR) is 205 cm³/mol. The second-order valence-electron chi connectivity index (χ2n) is 13.1. The minimum absolute atomic E-state index is 0.0501. The molecule has 0 unspecified atom stereocenters. The monoisotopic (exact) mass is 700 g/mol. The molecule has 0 aliphatic carbocycles. The molecule has 2 aromatic carbocycles. The third-order valence-electron chi connectivity index (χ3n) is 6.99. The molecule has 47 heavy (non-hydrogen) atoms. The zero-order chi connectivity index (χ0) is 35.3. The van der Waals surface area contributed by atoms with Crippen LogP contribution in [0.1, 0.15) is 26.7 Å². The molecule has 0 aliphatic heterocycles. The van der Waals surface area contributed by atoms with Gasteiger partial charge in [0.05, 0.1) is 0 Å². The molecule has 0 bridgehead atoms. The second kappa shape index (κ2) is 21.7. The van der Waals surface area contributed by atoms with Crippen molar-refractivity contribution in [2.75, 3.05) is 50.4 Å². The van der Waals surface area contributed by atoms with Gasteiger partial charge in [-0.2, -0.15) is 0 Å². The van der Waals surface area contributed by atoms with Crippen molar-refractivity contribution in [2.24, 2.45) is 5.73 Å². The first-order valence-corrected chi connectivity index (χ1v) is 25.6. The summed E-state index contributed by atoms with van der Waals surface area (Å²) in [6, 6.07) is 23.3. The molecular formula is C34H60N6O4Si3. The Bertz CT molecular complexity index is 1240. The number of likely N-dealkylation sites (N-methyl/N-ethyl adjacent to an activating group) is 1. The van der Waals surface area contributed by atoms with E-state index < -0.39 is 31.2 Å². The first-order valence-electron chi connectivity index (χ1n) is 16.5. The maximum absolute atomic E-state index is 13.0. The largest absolute Gasteiger partial charge is 0.437 e. The first kappa shape index (κ1) is 41.9. The Morgan fingerprint density at radius 1 is 0.787 bits per heavy atom. The van der Waals surface area contributed by atoms with E-state index in [0.29, 0.717) is 13.1 Å². The fourth-order valence-electron chi connectivity index (χ4n) is 5.23. The van der Waals surface area contributed by atoms with Crippen LogP contribution in [0.25, 0.3) is 0 Å². The summed E-state index contributed by atoms with van der Waals surface area (Å²) in [6.45, 7) is 21.5. The number of hydrogen-bond acceptors (Lipinski definition) is 6. The van der Waals surface area contributed by atoms with E-state index in [-0.39, 0.29) is 6.03 Å². The number of carbonyl (C=O) groups is 2. The Kier molecular flexibility index (Phi) is 19.3. The highest BCUT2D eigenvalue weighted by atomic mass is 28.5. The third-order valence-corrected chi connectivity index (χ3v) is 18.5. The van der Waals surface area contributed by atoms with Crippen LogP contribution >= 0.6 is 0 Å². The minimum Gasteiger partial charge on any atom is -0.437 e. The second-order valence-corrected chi connectivity index (χ2v) is 25.6. The summed E-state index contributed by atoms with van der Waals surface area (Å²) in [7, 11) is -4.01. The standard InChI is InChI=1S/C27H52N4O3Si3.C7H8N2O/c1-10-20-30(3)21-15-24-35(4,5)33-37(8,9)34-36(6,7)25-16-22-31(23-19-28-11-2)27(32)29-26-17-13-12-14-18-26;8-7(10)9-6-4-2-1-3-5-6/h12-14,17-18,28H,11,15-16,19,21-25H2,1-9H3,(H,29,32);1-5H,(H3,8,9,10). The maximum atomic E-state index is 13.0. The van der Waals surface area contributed by atoms with Crippen LogP contribution in [0.5, 0.6) is 0 Å². The molecule has 2 aromatic rings. The van der Waals surface area contributed by atoms with Crippen molar-refractivity contribution in [2.45, 2.75) is 78.1 Å². The number of para-hydroxylation sites is 2. The van der Waals surface area contributed by atoms with Crippen molar-refractivity contribution in [1.82, 2.24) is 15.1 Å². The third kappa shape index (κ3) is 20.7. The van der Waals surface area contributed by atoms with Gasteiger partial charge in [-0.1, -0.05) is 49.2 Å². The van der Waals surface area contributed by atoms with E-state index in [1.807, 2.05) is 67.4 Å². The number of nitrogens with one attached hydrogen (secondary N) is 3. The Hall–Kier alpha value is -3.13. The van der Waals surface area contributed by atoms with Gasteiger partial charge in [0.2, 0.25) is 0 Å². The number of anilines is 2. The van der Waals surface area contributed by atoms with Gasteiger partial charge in [-0.25, -0.2) is 9.59 Å². The number of hydrogen-bond donors (Lipinski definition) is 4. The summed E-state index contributed by atoms with van der Waals surface area (Å²) in [5.41, 5.74) is 6.41. The molecule has 13 heteroatoms. The van der Waals surface area contributed by atoms with E-state index in [1.54, 1.807) is 12.1 Å². The van der Waals surface area contributed by atoms with Crippen LogP contribution in [0.15, 0.2) is 60.7 Å². The molecule has 0 spiro atoms. The van der Waals surface area contributed by atoms with E-state index in [0.717, 1.165) is 55.9 Å². The molecule has 0 saturated carbocycles. The number of nitrogens with two attached hydrogens (primary N) is 1. The van der Waals surface area contributed by atoms with Crippen LogP contribution < -0.4 is 21.7 Å². The maximum Gasteiger partial charge on any atom is 0.321 e. The lowest BCUT2D eigenvalue weighted by molar-refractivity contribution is 0.211. The molecule has 2 rings (SSSR count). The molecule has 0 atom stereocenters. The van der Waals surface area contributed by atoms with Gasteiger partial charge in [0.15, 0.2) is 16.6 Å². The fraction of sp³-hybridized carbons (Fsp3) is 0.529. The van der Waals surface area contributed by atoms with Crippen molar-refractivity contribution in [3.63, 3.8) is 0 Å². The SMILES string of the molecule is CC#CN(C)CCC[Si](C)(C)O[Si](C)(C)O[Si](C)(C)CCCN(CCNCC)C(=O)Nc1ccccc1.NC(=O)Nc1ccccc1. The molecule has 0 saturated heterocycles. The van der Waals surface area contributed by atoms with Gasteiger partial charge in [-0.3, -0.25) is 0 Å². The van der Waals surface area contributed by atoms with Gasteiger partial charge < -0.3 is 39.7 Å². The van der Waals surface area contributed by atoms with Gasteiger partial charge >= 0.3 is 20.6 Å². The number of benzene rings is 2. The summed E-state index contributed by atoms with van der Waals surface area (Å²) in [5.74, 6) is 2.95.